The molecule has 2 heterocycles. The van der Waals surface area contributed by atoms with Crippen LogP contribution in [0.1, 0.15) is 10.5 Å². The molecule has 0 radical (unpaired) electrons. The summed E-state index contributed by atoms with van der Waals surface area (Å²) in [4.78, 5) is 21.0. The first-order valence-corrected chi connectivity index (χ1v) is 6.38. The molecular weight excluding hydrogens is 292 g/mol. The van der Waals surface area contributed by atoms with E-state index in [9.17, 15) is 4.79 Å². The fourth-order valence-electron chi connectivity index (χ4n) is 1.64. The molecule has 1 N–H and O–H groups in total. The molecule has 0 aliphatic heterocycles. The monoisotopic (exact) mass is 300 g/mol. The first-order valence-electron chi connectivity index (χ1n) is 6.00. The van der Waals surface area contributed by atoms with Gasteiger partial charge in [0.2, 0.25) is 5.28 Å². The van der Waals surface area contributed by atoms with E-state index in [2.05, 4.69) is 25.5 Å². The summed E-state index contributed by atoms with van der Waals surface area (Å²) in [5.74, 6) is -0.124. The minimum atomic E-state index is -0.424. The predicted molar refractivity (Wildman–Crippen MR) is 76.4 cm³/mol. The highest BCUT2D eigenvalue weighted by molar-refractivity contribution is 6.28. The Balaban J connectivity index is 1.78. The van der Waals surface area contributed by atoms with Gasteiger partial charge < -0.3 is 5.32 Å². The van der Waals surface area contributed by atoms with Crippen molar-refractivity contribution in [1.82, 2.24) is 25.0 Å². The first-order chi connectivity index (χ1) is 10.2. The number of carbonyl (C=O) groups is 1. The molecule has 0 saturated heterocycles. The Hall–Kier alpha value is -2.80. The maximum Gasteiger partial charge on any atom is 0.279 e. The molecule has 0 spiro atoms. The van der Waals surface area contributed by atoms with Gasteiger partial charge in [0.05, 0.1) is 11.9 Å². The Morgan fingerprint density at radius 1 is 1.19 bits per heavy atom. The van der Waals surface area contributed by atoms with Crippen molar-refractivity contribution in [3.05, 3.63) is 59.8 Å². The Morgan fingerprint density at radius 3 is 2.76 bits per heavy atom. The number of benzene rings is 1. The molecule has 0 aliphatic carbocycles. The van der Waals surface area contributed by atoms with Gasteiger partial charge in [0.15, 0.2) is 5.69 Å². The molecule has 104 valence electrons. The number of aromatic nitrogens is 5. The Morgan fingerprint density at radius 2 is 2.00 bits per heavy atom. The second kappa shape index (κ2) is 5.68. The van der Waals surface area contributed by atoms with Crippen molar-refractivity contribution in [3.8, 4) is 5.69 Å². The highest BCUT2D eigenvalue weighted by Crippen LogP contribution is 2.08. The lowest BCUT2D eigenvalue weighted by molar-refractivity contribution is 0.102. The number of hydrogen-bond donors (Lipinski definition) is 1. The number of nitrogens with one attached hydrogen (secondary N) is 1. The Bertz CT molecular complexity index is 773. The van der Waals surface area contributed by atoms with Gasteiger partial charge in [0.25, 0.3) is 5.91 Å². The van der Waals surface area contributed by atoms with Crippen LogP contribution in [0, 0.1) is 0 Å². The minimum absolute atomic E-state index is 0.0562. The van der Waals surface area contributed by atoms with E-state index in [0.29, 0.717) is 5.82 Å². The predicted octanol–water partition coefficient (Wildman–Crippen LogP) is 1.96. The number of carbonyl (C=O) groups excluding carboxylic acids is 1. The van der Waals surface area contributed by atoms with E-state index in [1.807, 2.05) is 30.3 Å². The number of hydrogen-bond acceptors (Lipinski definition) is 5. The zero-order valence-electron chi connectivity index (χ0n) is 10.6. The SMILES string of the molecule is O=C(Nc1ccnc(Cl)n1)c1cnn(-c2ccccc2)n1. The maximum atomic E-state index is 12.0. The molecule has 0 bridgehead atoms. The van der Waals surface area contributed by atoms with Crippen molar-refractivity contribution >= 4 is 23.3 Å². The van der Waals surface area contributed by atoms with Crippen LogP contribution in [-0.4, -0.2) is 30.9 Å². The lowest BCUT2D eigenvalue weighted by Gasteiger charge is -2.01. The third kappa shape index (κ3) is 3.03. The molecule has 2 aromatic heterocycles. The summed E-state index contributed by atoms with van der Waals surface area (Å²) in [6.45, 7) is 0. The van der Waals surface area contributed by atoms with Crippen molar-refractivity contribution in [1.29, 1.82) is 0 Å². The highest BCUT2D eigenvalue weighted by Gasteiger charge is 2.12. The second-order valence-electron chi connectivity index (χ2n) is 4.02. The van der Waals surface area contributed by atoms with Gasteiger partial charge in [0.1, 0.15) is 5.82 Å². The van der Waals surface area contributed by atoms with Crippen LogP contribution in [0.25, 0.3) is 5.69 Å². The number of halogens is 1. The summed E-state index contributed by atoms with van der Waals surface area (Å²) < 4.78 is 0. The van der Waals surface area contributed by atoms with Gasteiger partial charge >= 0.3 is 0 Å². The molecule has 0 unspecified atom stereocenters. The number of para-hydroxylation sites is 1. The summed E-state index contributed by atoms with van der Waals surface area (Å²) in [5, 5.41) is 10.8. The fraction of sp³-hybridized carbons (Fsp3) is 0. The second-order valence-corrected chi connectivity index (χ2v) is 4.36. The summed E-state index contributed by atoms with van der Waals surface area (Å²) >= 11 is 5.65. The molecule has 8 heteroatoms. The molecule has 0 saturated carbocycles. The van der Waals surface area contributed by atoms with Crippen LogP contribution in [-0.2, 0) is 0 Å². The van der Waals surface area contributed by atoms with Gasteiger partial charge in [-0.15, -0.1) is 5.10 Å². The topological polar surface area (TPSA) is 85.6 Å². The van der Waals surface area contributed by atoms with E-state index in [-0.39, 0.29) is 11.0 Å². The van der Waals surface area contributed by atoms with Crippen LogP contribution >= 0.6 is 11.6 Å². The zero-order valence-corrected chi connectivity index (χ0v) is 11.4. The number of amides is 1. The van der Waals surface area contributed by atoms with Gasteiger partial charge in [0, 0.05) is 6.20 Å². The van der Waals surface area contributed by atoms with E-state index < -0.39 is 5.91 Å². The van der Waals surface area contributed by atoms with Crippen molar-refractivity contribution in [2.45, 2.75) is 0 Å². The summed E-state index contributed by atoms with van der Waals surface area (Å²) in [6.07, 6.45) is 2.83. The lowest BCUT2D eigenvalue weighted by atomic mass is 10.3. The van der Waals surface area contributed by atoms with Crippen LogP contribution in [0.3, 0.4) is 0 Å². The normalized spacial score (nSPS) is 10.3. The van der Waals surface area contributed by atoms with Gasteiger partial charge in [-0.1, -0.05) is 18.2 Å². The molecule has 0 aliphatic rings. The van der Waals surface area contributed by atoms with Gasteiger partial charge in [-0.3, -0.25) is 4.79 Å². The number of rotatable bonds is 3. The van der Waals surface area contributed by atoms with Crippen molar-refractivity contribution in [2.24, 2.45) is 0 Å². The van der Waals surface area contributed by atoms with E-state index in [1.165, 1.54) is 23.3 Å². The fourth-order valence-corrected chi connectivity index (χ4v) is 1.79. The number of anilines is 1. The van der Waals surface area contributed by atoms with Crippen molar-refractivity contribution < 1.29 is 4.79 Å². The van der Waals surface area contributed by atoms with Crippen LogP contribution in [0.2, 0.25) is 5.28 Å². The minimum Gasteiger partial charge on any atom is -0.305 e. The quantitative estimate of drug-likeness (QED) is 0.747. The van der Waals surface area contributed by atoms with Crippen molar-refractivity contribution in [3.63, 3.8) is 0 Å². The molecule has 0 atom stereocenters. The third-order valence-electron chi connectivity index (χ3n) is 2.58. The molecule has 1 amide bonds. The molecular formula is C13H9ClN6O. The molecule has 0 fully saturated rings. The zero-order chi connectivity index (χ0) is 14.7. The molecule has 7 nitrogen and oxygen atoms in total. The van der Waals surface area contributed by atoms with Crippen LogP contribution in [0.15, 0.2) is 48.8 Å². The van der Waals surface area contributed by atoms with E-state index >= 15 is 0 Å². The van der Waals surface area contributed by atoms with Gasteiger partial charge in [-0.25, -0.2) is 9.97 Å². The smallest absolute Gasteiger partial charge is 0.279 e. The number of nitrogens with zero attached hydrogens (tertiary/aromatic N) is 5. The lowest BCUT2D eigenvalue weighted by Crippen LogP contribution is -2.14. The molecule has 1 aromatic carbocycles. The summed E-state index contributed by atoms with van der Waals surface area (Å²) in [5.41, 5.74) is 0.940. The standard InChI is InChI=1S/C13H9ClN6O/c14-13-15-7-6-11(18-13)17-12(21)10-8-16-20(19-10)9-4-2-1-3-5-9/h1-8H,(H,15,17,18,21). The highest BCUT2D eigenvalue weighted by atomic mass is 35.5. The van der Waals surface area contributed by atoms with E-state index in [4.69, 9.17) is 11.6 Å². The first kappa shape index (κ1) is 13.2. The Kier molecular flexibility index (Phi) is 3.57. The molecule has 3 rings (SSSR count). The molecule has 3 aromatic rings. The van der Waals surface area contributed by atoms with Crippen LogP contribution in [0.4, 0.5) is 5.82 Å². The summed E-state index contributed by atoms with van der Waals surface area (Å²) in [7, 11) is 0. The van der Waals surface area contributed by atoms with Gasteiger partial charge in [-0.2, -0.15) is 9.90 Å². The Labute approximate surface area is 124 Å². The molecule has 21 heavy (non-hydrogen) atoms. The van der Waals surface area contributed by atoms with Crippen molar-refractivity contribution in [2.75, 3.05) is 5.32 Å². The summed E-state index contributed by atoms with van der Waals surface area (Å²) in [6, 6.07) is 10.8. The van der Waals surface area contributed by atoms with E-state index in [1.54, 1.807) is 0 Å². The van der Waals surface area contributed by atoms with Gasteiger partial charge in [-0.05, 0) is 29.8 Å². The van der Waals surface area contributed by atoms with Crippen LogP contribution in [0.5, 0.6) is 0 Å². The maximum absolute atomic E-state index is 12.0. The van der Waals surface area contributed by atoms with Crippen LogP contribution < -0.4 is 5.32 Å². The third-order valence-corrected chi connectivity index (χ3v) is 2.76. The average Bonchev–Trinajstić information content (AvgIpc) is 2.98. The largest absolute Gasteiger partial charge is 0.305 e. The average molecular weight is 301 g/mol. The van der Waals surface area contributed by atoms with E-state index in [0.717, 1.165) is 5.69 Å².